The second-order valence-corrected chi connectivity index (χ2v) is 5.10. The lowest BCUT2D eigenvalue weighted by Gasteiger charge is -2.08. The minimum atomic E-state index is -0.198. The van der Waals surface area contributed by atoms with E-state index < -0.39 is 0 Å². The van der Waals surface area contributed by atoms with Gasteiger partial charge in [0.1, 0.15) is 5.69 Å². The van der Waals surface area contributed by atoms with Gasteiger partial charge in [-0.2, -0.15) is 5.10 Å². The van der Waals surface area contributed by atoms with Crippen molar-refractivity contribution >= 4 is 29.9 Å². The summed E-state index contributed by atoms with van der Waals surface area (Å²) in [6.45, 7) is 3.05. The molecule has 0 saturated heterocycles. The number of benzene rings is 1. The normalized spacial score (nSPS) is 11.6. The van der Waals surface area contributed by atoms with E-state index in [1.165, 1.54) is 0 Å². The van der Waals surface area contributed by atoms with Gasteiger partial charge >= 0.3 is 0 Å². The fourth-order valence-corrected chi connectivity index (χ4v) is 1.92. The Morgan fingerprint density at radius 3 is 2.86 bits per heavy atom. The highest BCUT2D eigenvalue weighted by atomic mass is 35.5. The topological polar surface area (TPSA) is 83.8 Å². The van der Waals surface area contributed by atoms with Crippen molar-refractivity contribution in [3.8, 4) is 11.3 Å². The molecule has 0 radical (unpaired) electrons. The number of carbonyl (C=O) groups excluding carboxylic acids is 1. The summed E-state index contributed by atoms with van der Waals surface area (Å²) >= 11 is 6.10. The Morgan fingerprint density at radius 1 is 1.48 bits per heavy atom. The molecule has 1 amide bonds. The molecule has 0 aliphatic rings. The van der Waals surface area contributed by atoms with Crippen LogP contribution in [0.1, 0.15) is 17.4 Å². The van der Waals surface area contributed by atoms with E-state index in [0.717, 1.165) is 5.56 Å². The van der Waals surface area contributed by atoms with Crippen LogP contribution in [0.4, 0.5) is 0 Å². The van der Waals surface area contributed by atoms with Crippen molar-refractivity contribution in [3.63, 3.8) is 0 Å². The zero-order chi connectivity index (χ0) is 14.5. The van der Waals surface area contributed by atoms with Gasteiger partial charge in [-0.3, -0.25) is 9.89 Å². The Labute approximate surface area is 134 Å². The third-order valence-electron chi connectivity index (χ3n) is 2.99. The summed E-state index contributed by atoms with van der Waals surface area (Å²) in [7, 11) is 0. The molecule has 21 heavy (non-hydrogen) atoms. The molecule has 114 valence electrons. The molecule has 1 aromatic heterocycles. The van der Waals surface area contributed by atoms with Gasteiger partial charge in [0.15, 0.2) is 0 Å². The molecule has 4 N–H and O–H groups in total. The molecular weight excluding hydrogens is 311 g/mol. The first kappa shape index (κ1) is 17.5. The summed E-state index contributed by atoms with van der Waals surface area (Å²) in [5.41, 5.74) is 7.35. The summed E-state index contributed by atoms with van der Waals surface area (Å²) < 4.78 is 0. The number of nitrogens with one attached hydrogen (secondary N) is 2. The molecule has 5 nitrogen and oxygen atoms in total. The Balaban J connectivity index is 0.00000220. The Bertz CT molecular complexity index is 600. The molecule has 2 aromatic rings. The first-order valence-corrected chi connectivity index (χ1v) is 6.78. The molecule has 7 heteroatoms. The van der Waals surface area contributed by atoms with E-state index in [9.17, 15) is 4.79 Å². The minimum absolute atomic E-state index is 0. The quantitative estimate of drug-likeness (QED) is 0.788. The van der Waals surface area contributed by atoms with Crippen molar-refractivity contribution in [1.29, 1.82) is 0 Å². The number of hydrogen-bond donors (Lipinski definition) is 3. The summed E-state index contributed by atoms with van der Waals surface area (Å²) in [6.07, 6.45) is 0. The van der Waals surface area contributed by atoms with Gasteiger partial charge in [0.25, 0.3) is 5.91 Å². The van der Waals surface area contributed by atoms with E-state index in [0.29, 0.717) is 29.5 Å². The Morgan fingerprint density at radius 2 is 2.19 bits per heavy atom. The number of aromatic nitrogens is 2. The predicted molar refractivity (Wildman–Crippen MR) is 86.8 cm³/mol. The maximum atomic E-state index is 11.9. The third-order valence-corrected chi connectivity index (χ3v) is 3.32. The van der Waals surface area contributed by atoms with Crippen LogP contribution >= 0.6 is 24.0 Å². The largest absolute Gasteiger partial charge is 0.350 e. The molecule has 0 fully saturated rings. The van der Waals surface area contributed by atoms with Crippen molar-refractivity contribution in [1.82, 2.24) is 15.5 Å². The number of carbonyl (C=O) groups is 1. The molecule has 2 rings (SSSR count). The van der Waals surface area contributed by atoms with Gasteiger partial charge in [-0.15, -0.1) is 12.4 Å². The van der Waals surface area contributed by atoms with Gasteiger partial charge in [0.05, 0.1) is 10.7 Å². The molecule has 0 spiro atoms. The van der Waals surface area contributed by atoms with Crippen LogP contribution in [0, 0.1) is 5.92 Å². The average Bonchev–Trinajstić information content (AvgIpc) is 2.94. The third kappa shape index (κ3) is 4.46. The number of nitrogens with zero attached hydrogens (tertiary/aromatic N) is 1. The second kappa shape index (κ2) is 8.02. The van der Waals surface area contributed by atoms with Crippen molar-refractivity contribution in [2.24, 2.45) is 11.7 Å². The monoisotopic (exact) mass is 328 g/mol. The van der Waals surface area contributed by atoms with Gasteiger partial charge in [0, 0.05) is 12.1 Å². The first-order valence-electron chi connectivity index (χ1n) is 6.40. The zero-order valence-corrected chi connectivity index (χ0v) is 13.2. The summed E-state index contributed by atoms with van der Waals surface area (Å²) in [4.78, 5) is 11.9. The molecule has 0 aliphatic carbocycles. The van der Waals surface area contributed by atoms with Crippen LogP contribution in [-0.4, -0.2) is 29.2 Å². The van der Waals surface area contributed by atoms with Crippen LogP contribution in [0.15, 0.2) is 30.3 Å². The highest BCUT2D eigenvalue weighted by Gasteiger charge is 2.13. The lowest BCUT2D eigenvalue weighted by molar-refractivity contribution is 0.0943. The van der Waals surface area contributed by atoms with E-state index in [1.807, 2.05) is 25.1 Å². The molecule has 1 unspecified atom stereocenters. The second-order valence-electron chi connectivity index (χ2n) is 4.70. The maximum Gasteiger partial charge on any atom is 0.269 e. The summed E-state index contributed by atoms with van der Waals surface area (Å²) in [5.74, 6) is 0.0426. The molecule has 0 aliphatic heterocycles. The van der Waals surface area contributed by atoms with E-state index in [2.05, 4.69) is 15.5 Å². The van der Waals surface area contributed by atoms with Crippen LogP contribution in [0.25, 0.3) is 11.3 Å². The lowest BCUT2D eigenvalue weighted by Crippen LogP contribution is -2.31. The highest BCUT2D eigenvalue weighted by molar-refractivity contribution is 6.33. The molecule has 0 saturated carbocycles. The van der Waals surface area contributed by atoms with Crippen molar-refractivity contribution in [3.05, 3.63) is 41.0 Å². The van der Waals surface area contributed by atoms with Crippen LogP contribution in [0.2, 0.25) is 5.02 Å². The SMILES string of the molecule is CC(CN)CNC(=O)c1cc(-c2ccccc2Cl)n[nH]1.Cl. The first-order chi connectivity index (χ1) is 9.61. The van der Waals surface area contributed by atoms with E-state index >= 15 is 0 Å². The Kier molecular flexibility index (Phi) is 6.68. The number of nitrogens with two attached hydrogens (primary N) is 1. The van der Waals surface area contributed by atoms with E-state index in [-0.39, 0.29) is 24.2 Å². The molecular formula is C14H18Cl2N4O. The molecule has 0 bridgehead atoms. The predicted octanol–water partition coefficient (Wildman–Crippen LogP) is 2.48. The van der Waals surface area contributed by atoms with Crippen LogP contribution in [-0.2, 0) is 0 Å². The summed E-state index contributed by atoms with van der Waals surface area (Å²) in [6, 6.07) is 9.05. The zero-order valence-electron chi connectivity index (χ0n) is 11.6. The van der Waals surface area contributed by atoms with Gasteiger partial charge in [-0.1, -0.05) is 36.7 Å². The molecule has 1 heterocycles. The average molecular weight is 329 g/mol. The van der Waals surface area contributed by atoms with E-state index in [4.69, 9.17) is 17.3 Å². The number of halogens is 2. The number of H-pyrrole nitrogens is 1. The summed E-state index contributed by atoms with van der Waals surface area (Å²) in [5, 5.41) is 10.2. The minimum Gasteiger partial charge on any atom is -0.350 e. The number of amides is 1. The van der Waals surface area contributed by atoms with Gasteiger partial charge in [-0.05, 0) is 24.6 Å². The van der Waals surface area contributed by atoms with Gasteiger partial charge < -0.3 is 11.1 Å². The van der Waals surface area contributed by atoms with Gasteiger partial charge in [0.2, 0.25) is 0 Å². The highest BCUT2D eigenvalue weighted by Crippen LogP contribution is 2.26. The van der Waals surface area contributed by atoms with Crippen LogP contribution in [0.3, 0.4) is 0 Å². The smallest absolute Gasteiger partial charge is 0.269 e. The number of hydrogen-bond acceptors (Lipinski definition) is 3. The van der Waals surface area contributed by atoms with E-state index in [1.54, 1.807) is 12.1 Å². The Hall–Kier alpha value is -1.56. The van der Waals surface area contributed by atoms with Crippen molar-refractivity contribution in [2.45, 2.75) is 6.92 Å². The number of rotatable bonds is 5. The van der Waals surface area contributed by atoms with Crippen LogP contribution < -0.4 is 11.1 Å². The maximum absolute atomic E-state index is 11.9. The fraction of sp³-hybridized carbons (Fsp3) is 0.286. The van der Waals surface area contributed by atoms with Crippen molar-refractivity contribution in [2.75, 3.05) is 13.1 Å². The number of aromatic amines is 1. The molecule has 1 aromatic carbocycles. The lowest BCUT2D eigenvalue weighted by atomic mass is 10.1. The fourth-order valence-electron chi connectivity index (χ4n) is 1.69. The van der Waals surface area contributed by atoms with Crippen molar-refractivity contribution < 1.29 is 4.79 Å². The standard InChI is InChI=1S/C14H17ClN4O.ClH/c1-9(7-16)8-17-14(20)13-6-12(18-19-13)10-4-2-3-5-11(10)15;/h2-6,9H,7-8,16H2,1H3,(H,17,20)(H,18,19);1H. The van der Waals surface area contributed by atoms with Crippen LogP contribution in [0.5, 0.6) is 0 Å². The molecule has 1 atom stereocenters. The van der Waals surface area contributed by atoms with Gasteiger partial charge in [-0.25, -0.2) is 0 Å².